The molecular weight excluding hydrogens is 182 g/mol. The van der Waals surface area contributed by atoms with Gasteiger partial charge in [-0.1, -0.05) is 30.3 Å². The van der Waals surface area contributed by atoms with Gasteiger partial charge in [0.05, 0.1) is 5.25 Å². The molecule has 70 valence electrons. The normalized spacial score (nSPS) is 13.8. The molecule has 0 unspecified atom stereocenters. The monoisotopic (exact) mass is 195 g/mol. The van der Waals surface area contributed by atoms with Gasteiger partial charge in [-0.2, -0.15) is 4.40 Å². The molecule has 0 spiro atoms. The van der Waals surface area contributed by atoms with Crippen LogP contribution in [-0.4, -0.2) is 15.7 Å². The zero-order valence-electron chi connectivity index (χ0n) is 7.81. The third-order valence-corrected chi connectivity index (χ3v) is 2.63. The minimum absolute atomic E-state index is 0.0833. The molecule has 1 aromatic rings. The smallest absolute Gasteiger partial charge is 0.141 e. The van der Waals surface area contributed by atoms with Crippen molar-refractivity contribution >= 4 is 17.2 Å². The van der Waals surface area contributed by atoms with Gasteiger partial charge >= 0.3 is 0 Å². The molecule has 0 saturated heterocycles. The van der Waals surface area contributed by atoms with Crippen LogP contribution in [0.15, 0.2) is 34.7 Å². The summed E-state index contributed by atoms with van der Waals surface area (Å²) in [5.74, 6) is 0. The highest BCUT2D eigenvalue weighted by atomic mass is 32.2. The highest BCUT2D eigenvalue weighted by Gasteiger charge is 2.00. The van der Waals surface area contributed by atoms with E-state index >= 15 is 0 Å². The lowest BCUT2D eigenvalue weighted by atomic mass is 10.2. The van der Waals surface area contributed by atoms with Crippen LogP contribution >= 0.6 is 0 Å². The van der Waals surface area contributed by atoms with Gasteiger partial charge in [-0.05, 0) is 19.4 Å². The van der Waals surface area contributed by atoms with E-state index in [1.54, 1.807) is 6.21 Å². The predicted octanol–water partition coefficient (Wildman–Crippen LogP) is 2.18. The summed E-state index contributed by atoms with van der Waals surface area (Å²) in [7, 11) is -1.10. The van der Waals surface area contributed by atoms with Crippen LogP contribution in [0.1, 0.15) is 19.4 Å². The maximum Gasteiger partial charge on any atom is 0.141 e. The molecule has 0 heterocycles. The van der Waals surface area contributed by atoms with Gasteiger partial charge < -0.3 is 0 Å². The van der Waals surface area contributed by atoms with E-state index in [1.807, 2.05) is 44.2 Å². The molecule has 1 atom stereocenters. The summed E-state index contributed by atoms with van der Waals surface area (Å²) in [5.41, 5.74) is 0.983. The zero-order valence-corrected chi connectivity index (χ0v) is 8.62. The van der Waals surface area contributed by atoms with Gasteiger partial charge in [0.1, 0.15) is 11.0 Å². The van der Waals surface area contributed by atoms with Crippen LogP contribution in [0.25, 0.3) is 0 Å². The summed E-state index contributed by atoms with van der Waals surface area (Å²) in [4.78, 5) is 0. The quantitative estimate of drug-likeness (QED) is 0.680. The average molecular weight is 195 g/mol. The van der Waals surface area contributed by atoms with Gasteiger partial charge in [0.25, 0.3) is 0 Å². The number of hydrogen-bond acceptors (Lipinski definition) is 1. The molecule has 0 amide bonds. The van der Waals surface area contributed by atoms with E-state index in [2.05, 4.69) is 4.40 Å². The van der Waals surface area contributed by atoms with Crippen LogP contribution in [-0.2, 0) is 11.0 Å². The topological polar surface area (TPSA) is 29.4 Å². The lowest BCUT2D eigenvalue weighted by molar-refractivity contribution is 0.678. The Bertz CT molecular complexity index is 306. The summed E-state index contributed by atoms with van der Waals surface area (Å²) >= 11 is 0. The summed E-state index contributed by atoms with van der Waals surface area (Å²) in [6, 6.07) is 9.66. The van der Waals surface area contributed by atoms with E-state index in [-0.39, 0.29) is 5.25 Å². The number of hydrogen-bond donors (Lipinski definition) is 0. The molecule has 0 fully saturated rings. The van der Waals surface area contributed by atoms with Crippen LogP contribution in [0, 0.1) is 0 Å². The fraction of sp³-hybridized carbons (Fsp3) is 0.300. The molecule has 3 heteroatoms. The first-order chi connectivity index (χ1) is 6.20. The molecule has 0 bridgehead atoms. The first-order valence-corrected chi connectivity index (χ1v) is 5.37. The zero-order chi connectivity index (χ0) is 9.68. The van der Waals surface area contributed by atoms with Gasteiger partial charge in [-0.15, -0.1) is 0 Å². The predicted molar refractivity (Wildman–Crippen MR) is 57.3 cm³/mol. The van der Waals surface area contributed by atoms with Crippen LogP contribution in [0.4, 0.5) is 0 Å². The summed E-state index contributed by atoms with van der Waals surface area (Å²) in [6.45, 7) is 3.77. The van der Waals surface area contributed by atoms with Gasteiger partial charge in [-0.25, -0.2) is 4.21 Å². The molecule has 0 aliphatic heterocycles. The third-order valence-electron chi connectivity index (χ3n) is 1.51. The van der Waals surface area contributed by atoms with Gasteiger partial charge in [0, 0.05) is 6.21 Å². The maximum atomic E-state index is 11.2. The van der Waals surface area contributed by atoms with Crippen molar-refractivity contribution in [1.29, 1.82) is 0 Å². The minimum atomic E-state index is -1.10. The van der Waals surface area contributed by atoms with E-state index in [9.17, 15) is 4.21 Å². The van der Waals surface area contributed by atoms with Crippen molar-refractivity contribution in [3.8, 4) is 0 Å². The van der Waals surface area contributed by atoms with Crippen molar-refractivity contribution in [2.75, 3.05) is 0 Å². The summed E-state index contributed by atoms with van der Waals surface area (Å²) in [5, 5.41) is 0.0833. The highest BCUT2D eigenvalue weighted by molar-refractivity contribution is 7.84. The fourth-order valence-corrected chi connectivity index (χ4v) is 1.24. The molecule has 1 rings (SSSR count). The van der Waals surface area contributed by atoms with Crippen LogP contribution in [0.3, 0.4) is 0 Å². The van der Waals surface area contributed by atoms with Crippen LogP contribution in [0.2, 0.25) is 0 Å². The molecule has 0 saturated carbocycles. The largest absolute Gasteiger partial charge is 0.235 e. The minimum Gasteiger partial charge on any atom is -0.235 e. The first-order valence-electron chi connectivity index (χ1n) is 4.20. The number of benzene rings is 1. The Hall–Kier alpha value is -0.960. The molecule has 13 heavy (non-hydrogen) atoms. The summed E-state index contributed by atoms with van der Waals surface area (Å²) < 4.78 is 15.2. The average Bonchev–Trinajstić information content (AvgIpc) is 2.15. The van der Waals surface area contributed by atoms with Gasteiger partial charge in [-0.3, -0.25) is 0 Å². The SMILES string of the molecule is CC(C)[S@](=O)/N=C/c1ccccc1. The Balaban J connectivity index is 2.64. The van der Waals surface area contributed by atoms with Crippen molar-refractivity contribution in [1.82, 2.24) is 0 Å². The van der Waals surface area contributed by atoms with E-state index < -0.39 is 11.0 Å². The van der Waals surface area contributed by atoms with Crippen LogP contribution in [0.5, 0.6) is 0 Å². The van der Waals surface area contributed by atoms with E-state index in [1.165, 1.54) is 0 Å². The maximum absolute atomic E-state index is 11.2. The van der Waals surface area contributed by atoms with Crippen molar-refractivity contribution in [2.24, 2.45) is 4.40 Å². The molecule has 0 aromatic heterocycles. The molecular formula is C10H13NOS. The lowest BCUT2D eigenvalue weighted by Crippen LogP contribution is -2.01. The lowest BCUT2D eigenvalue weighted by Gasteiger charge is -1.96. The van der Waals surface area contributed by atoms with Gasteiger partial charge in [0.15, 0.2) is 0 Å². The van der Waals surface area contributed by atoms with Crippen molar-refractivity contribution in [3.63, 3.8) is 0 Å². The number of rotatable bonds is 3. The second kappa shape index (κ2) is 4.92. The van der Waals surface area contributed by atoms with Crippen LogP contribution < -0.4 is 0 Å². The third kappa shape index (κ3) is 3.51. The molecule has 1 aromatic carbocycles. The van der Waals surface area contributed by atoms with Crippen molar-refractivity contribution in [2.45, 2.75) is 19.1 Å². The second-order valence-corrected chi connectivity index (χ2v) is 4.68. The Morgan fingerprint density at radius 3 is 2.46 bits per heavy atom. The van der Waals surface area contributed by atoms with E-state index in [0.29, 0.717) is 0 Å². The molecule has 0 aliphatic rings. The Labute approximate surface area is 81.3 Å². The van der Waals surface area contributed by atoms with Gasteiger partial charge in [0.2, 0.25) is 0 Å². The molecule has 2 nitrogen and oxygen atoms in total. The number of nitrogens with zero attached hydrogens (tertiary/aromatic N) is 1. The van der Waals surface area contributed by atoms with Crippen molar-refractivity contribution in [3.05, 3.63) is 35.9 Å². The molecule has 0 aliphatic carbocycles. The summed E-state index contributed by atoms with van der Waals surface area (Å²) in [6.07, 6.45) is 1.65. The Morgan fingerprint density at radius 1 is 1.31 bits per heavy atom. The fourth-order valence-electron chi connectivity index (χ4n) is 0.774. The standard InChI is InChI=1S/C10H13NOS/c1-9(2)13(12)11-8-10-6-4-3-5-7-10/h3-9H,1-2H3/b11-8+/t13-/m0/s1. The highest BCUT2D eigenvalue weighted by Crippen LogP contribution is 1.98. The first kappa shape index (κ1) is 10.1. The Kier molecular flexibility index (Phi) is 3.83. The molecule has 0 radical (unpaired) electrons. The van der Waals surface area contributed by atoms with E-state index in [4.69, 9.17) is 0 Å². The Morgan fingerprint density at radius 2 is 1.92 bits per heavy atom. The second-order valence-electron chi connectivity index (χ2n) is 2.97. The van der Waals surface area contributed by atoms with Crippen molar-refractivity contribution < 1.29 is 4.21 Å². The van der Waals surface area contributed by atoms with E-state index in [0.717, 1.165) is 5.56 Å². The molecule has 0 N–H and O–H groups in total.